The molecular formula is C27H38N4O2. The smallest absolute Gasteiger partial charge is 0.220 e. The summed E-state index contributed by atoms with van der Waals surface area (Å²) in [6, 6.07) is 12.8. The van der Waals surface area contributed by atoms with E-state index >= 15 is 0 Å². The van der Waals surface area contributed by atoms with Gasteiger partial charge in [-0.1, -0.05) is 18.2 Å². The highest BCUT2D eigenvalue weighted by molar-refractivity contribution is 5.75. The zero-order valence-corrected chi connectivity index (χ0v) is 19.8. The van der Waals surface area contributed by atoms with Gasteiger partial charge < -0.3 is 15.4 Å². The molecule has 0 aliphatic carbocycles. The number of piperidine rings is 2. The van der Waals surface area contributed by atoms with E-state index in [-0.39, 0.29) is 5.91 Å². The van der Waals surface area contributed by atoms with Crippen LogP contribution in [0.2, 0.25) is 0 Å². The molecule has 6 heteroatoms. The molecule has 1 amide bonds. The Kier molecular flexibility index (Phi) is 8.72. The summed E-state index contributed by atoms with van der Waals surface area (Å²) in [6.45, 7) is 7.74. The number of hydrogen-bond donors (Lipinski definition) is 2. The van der Waals surface area contributed by atoms with Crippen LogP contribution in [0.25, 0.3) is 0 Å². The largest absolute Gasteiger partial charge is 0.494 e. The number of aromatic nitrogens is 1. The lowest BCUT2D eigenvalue weighted by atomic mass is 9.79. The second-order valence-electron chi connectivity index (χ2n) is 9.50. The molecule has 2 aromatic rings. The number of benzene rings is 1. The fourth-order valence-electron chi connectivity index (χ4n) is 5.33. The first-order valence-electron chi connectivity index (χ1n) is 12.5. The van der Waals surface area contributed by atoms with Crippen molar-refractivity contribution < 1.29 is 9.53 Å². The highest BCUT2D eigenvalue weighted by Gasteiger charge is 2.36. The number of rotatable bonds is 11. The van der Waals surface area contributed by atoms with Gasteiger partial charge in [0.1, 0.15) is 5.75 Å². The second-order valence-corrected chi connectivity index (χ2v) is 9.50. The molecule has 1 aromatic heterocycles. The average molecular weight is 451 g/mol. The van der Waals surface area contributed by atoms with Crippen LogP contribution in [0.5, 0.6) is 5.75 Å². The first-order valence-corrected chi connectivity index (χ1v) is 12.5. The molecule has 2 saturated heterocycles. The first-order chi connectivity index (χ1) is 16.2. The molecule has 1 aromatic carbocycles. The predicted molar refractivity (Wildman–Crippen MR) is 131 cm³/mol. The number of nitrogens with one attached hydrogen (secondary N) is 2. The van der Waals surface area contributed by atoms with E-state index in [4.69, 9.17) is 4.74 Å². The van der Waals surface area contributed by atoms with Crippen molar-refractivity contribution in [2.24, 2.45) is 11.8 Å². The molecule has 0 unspecified atom stereocenters. The van der Waals surface area contributed by atoms with Gasteiger partial charge in [0, 0.05) is 51.0 Å². The minimum Gasteiger partial charge on any atom is -0.494 e. The standard InChI is InChI=1S/C27H38N4O2/c1-2-33-25-10-8-21(9-11-25)12-14-29-27(32)7-3-6-26-24-15-23(17-30-26)19-31(20-24)18-22-5-4-13-28-16-22/h4-5,8-11,13,16,23-24,26,30H,2-3,6-7,12,14-15,17-20H2,1H3,(H,29,32)/t23-,24+,26+/m0/s1. The monoisotopic (exact) mass is 450 g/mol. The number of carbonyl (C=O) groups is 1. The Morgan fingerprint density at radius 1 is 1.21 bits per heavy atom. The van der Waals surface area contributed by atoms with Crippen LogP contribution in [0, 0.1) is 11.8 Å². The molecule has 2 N–H and O–H groups in total. The summed E-state index contributed by atoms with van der Waals surface area (Å²) in [5.41, 5.74) is 2.51. The van der Waals surface area contributed by atoms with Gasteiger partial charge in [0.15, 0.2) is 0 Å². The Morgan fingerprint density at radius 2 is 2.09 bits per heavy atom. The van der Waals surface area contributed by atoms with Gasteiger partial charge in [-0.25, -0.2) is 0 Å². The van der Waals surface area contributed by atoms with Crippen LogP contribution < -0.4 is 15.4 Å². The summed E-state index contributed by atoms with van der Waals surface area (Å²) < 4.78 is 5.48. The Hall–Kier alpha value is -2.44. The SMILES string of the molecule is CCOc1ccc(CCNC(=O)CCC[C@H]2NC[C@@H]3C[C@@H]2CN(Cc2cccnc2)C3)cc1. The summed E-state index contributed by atoms with van der Waals surface area (Å²) in [5.74, 6) is 2.47. The topological polar surface area (TPSA) is 66.5 Å². The predicted octanol–water partition coefficient (Wildman–Crippen LogP) is 3.42. The molecule has 0 radical (unpaired) electrons. The van der Waals surface area contributed by atoms with Crippen molar-refractivity contribution in [1.82, 2.24) is 20.5 Å². The molecule has 2 bridgehead atoms. The van der Waals surface area contributed by atoms with Gasteiger partial charge in [-0.2, -0.15) is 0 Å². The van der Waals surface area contributed by atoms with Gasteiger partial charge in [-0.3, -0.25) is 14.7 Å². The maximum atomic E-state index is 12.3. The molecule has 0 saturated carbocycles. The molecule has 33 heavy (non-hydrogen) atoms. The van der Waals surface area contributed by atoms with Crippen molar-refractivity contribution >= 4 is 5.91 Å². The number of likely N-dealkylation sites (tertiary alicyclic amines) is 1. The Labute approximate surface area is 198 Å². The third kappa shape index (κ3) is 7.27. The number of fused-ring (bicyclic) bond motifs is 2. The number of hydrogen-bond acceptors (Lipinski definition) is 5. The zero-order chi connectivity index (χ0) is 22.9. The lowest BCUT2D eigenvalue weighted by molar-refractivity contribution is -0.121. The molecule has 6 nitrogen and oxygen atoms in total. The third-order valence-corrected chi connectivity index (χ3v) is 6.90. The number of nitrogens with zero attached hydrogens (tertiary/aromatic N) is 2. The van der Waals surface area contributed by atoms with Crippen LogP contribution in [-0.4, -0.2) is 54.6 Å². The van der Waals surface area contributed by atoms with E-state index in [1.165, 1.54) is 24.1 Å². The number of ether oxygens (including phenoxy) is 1. The Morgan fingerprint density at radius 3 is 2.88 bits per heavy atom. The summed E-state index contributed by atoms with van der Waals surface area (Å²) in [6.07, 6.45) is 8.60. The van der Waals surface area contributed by atoms with Gasteiger partial charge in [0.05, 0.1) is 6.61 Å². The zero-order valence-electron chi connectivity index (χ0n) is 19.8. The highest BCUT2D eigenvalue weighted by Crippen LogP contribution is 2.31. The molecule has 2 aliphatic rings. The molecule has 3 heterocycles. The molecular weight excluding hydrogens is 412 g/mol. The van der Waals surface area contributed by atoms with Gasteiger partial charge in [-0.05, 0) is 80.3 Å². The van der Waals surface area contributed by atoms with Crippen LogP contribution in [0.1, 0.15) is 43.7 Å². The van der Waals surface area contributed by atoms with E-state index in [1.54, 1.807) is 0 Å². The summed E-state index contributed by atoms with van der Waals surface area (Å²) >= 11 is 0. The van der Waals surface area contributed by atoms with E-state index in [0.717, 1.165) is 50.6 Å². The molecule has 3 atom stereocenters. The van der Waals surface area contributed by atoms with Crippen molar-refractivity contribution in [1.29, 1.82) is 0 Å². The molecule has 2 fully saturated rings. The van der Waals surface area contributed by atoms with Crippen molar-refractivity contribution in [3.05, 3.63) is 59.9 Å². The maximum Gasteiger partial charge on any atom is 0.220 e. The maximum absolute atomic E-state index is 12.3. The van der Waals surface area contributed by atoms with Crippen LogP contribution in [0.3, 0.4) is 0 Å². The molecule has 4 rings (SSSR count). The first kappa shape index (κ1) is 23.7. The van der Waals surface area contributed by atoms with Crippen molar-refractivity contribution in [2.45, 2.75) is 51.6 Å². The average Bonchev–Trinajstić information content (AvgIpc) is 2.82. The van der Waals surface area contributed by atoms with Crippen molar-refractivity contribution in [3.63, 3.8) is 0 Å². The normalized spacial score (nSPS) is 22.6. The Bertz CT molecular complexity index is 858. The fraction of sp³-hybridized carbons (Fsp3) is 0.556. The van der Waals surface area contributed by atoms with E-state index in [0.29, 0.717) is 31.5 Å². The van der Waals surface area contributed by atoms with E-state index in [2.05, 4.69) is 38.7 Å². The summed E-state index contributed by atoms with van der Waals surface area (Å²) in [4.78, 5) is 19.2. The third-order valence-electron chi connectivity index (χ3n) is 6.90. The van der Waals surface area contributed by atoms with Crippen LogP contribution in [0.15, 0.2) is 48.8 Å². The van der Waals surface area contributed by atoms with Crippen molar-refractivity contribution in [2.75, 3.05) is 32.8 Å². The van der Waals surface area contributed by atoms with Crippen molar-refractivity contribution in [3.8, 4) is 5.75 Å². The van der Waals surface area contributed by atoms with Crippen LogP contribution in [-0.2, 0) is 17.8 Å². The number of amides is 1. The molecule has 178 valence electrons. The minimum atomic E-state index is 0.163. The molecule has 0 spiro atoms. The molecule has 2 aliphatic heterocycles. The van der Waals surface area contributed by atoms with Gasteiger partial charge in [-0.15, -0.1) is 0 Å². The van der Waals surface area contributed by atoms with Crippen LogP contribution in [0.4, 0.5) is 0 Å². The Balaban J connectivity index is 1.14. The summed E-state index contributed by atoms with van der Waals surface area (Å²) in [5, 5.41) is 6.86. The quantitative estimate of drug-likeness (QED) is 0.549. The number of carbonyl (C=O) groups excluding carboxylic acids is 1. The van der Waals surface area contributed by atoms with Gasteiger partial charge in [0.25, 0.3) is 0 Å². The van der Waals surface area contributed by atoms with Gasteiger partial charge >= 0.3 is 0 Å². The van der Waals surface area contributed by atoms with Gasteiger partial charge in [0.2, 0.25) is 5.91 Å². The lowest BCUT2D eigenvalue weighted by Gasteiger charge is -2.46. The highest BCUT2D eigenvalue weighted by atomic mass is 16.5. The van der Waals surface area contributed by atoms with E-state index in [9.17, 15) is 4.79 Å². The summed E-state index contributed by atoms with van der Waals surface area (Å²) in [7, 11) is 0. The fourth-order valence-corrected chi connectivity index (χ4v) is 5.33. The number of pyridine rings is 1. The minimum absolute atomic E-state index is 0.163. The van der Waals surface area contributed by atoms with E-state index < -0.39 is 0 Å². The second kappa shape index (κ2) is 12.1. The van der Waals surface area contributed by atoms with Crippen LogP contribution >= 0.6 is 0 Å². The van der Waals surface area contributed by atoms with E-state index in [1.807, 2.05) is 37.5 Å². The lowest BCUT2D eigenvalue weighted by Crippen LogP contribution is -2.55.